The highest BCUT2D eigenvalue weighted by Gasteiger charge is 2.19. The van der Waals surface area contributed by atoms with Gasteiger partial charge in [0.1, 0.15) is 5.57 Å². The Kier molecular flexibility index (Phi) is 5.58. The van der Waals surface area contributed by atoms with Crippen LogP contribution < -0.4 is 0 Å². The van der Waals surface area contributed by atoms with Crippen LogP contribution in [0.1, 0.15) is 24.2 Å². The number of rotatable bonds is 5. The summed E-state index contributed by atoms with van der Waals surface area (Å²) in [6.45, 7) is 3.76. The first-order valence-corrected chi connectivity index (χ1v) is 5.80. The lowest BCUT2D eigenvalue weighted by Crippen LogP contribution is -2.16. The molecule has 0 aromatic heterocycles. The number of hydrogen-bond donors (Lipinski definition) is 0. The van der Waals surface area contributed by atoms with E-state index in [1.54, 1.807) is 43.3 Å². The Morgan fingerprint density at radius 2 is 1.89 bits per heavy atom. The van der Waals surface area contributed by atoms with E-state index in [1.807, 2.05) is 13.0 Å². The summed E-state index contributed by atoms with van der Waals surface area (Å²) in [6, 6.07) is 8.67. The summed E-state index contributed by atoms with van der Waals surface area (Å²) >= 11 is 0. The molecule has 0 unspecified atom stereocenters. The maximum absolute atomic E-state index is 12.2. The van der Waals surface area contributed by atoms with Crippen molar-refractivity contribution in [3.63, 3.8) is 0 Å². The van der Waals surface area contributed by atoms with Gasteiger partial charge in [-0.1, -0.05) is 42.5 Å². The van der Waals surface area contributed by atoms with Gasteiger partial charge in [0.25, 0.3) is 0 Å². The fourth-order valence-electron chi connectivity index (χ4n) is 1.38. The molecule has 0 heterocycles. The molecule has 1 aromatic carbocycles. The molecule has 0 saturated carbocycles. The van der Waals surface area contributed by atoms with Crippen LogP contribution in [0.15, 0.2) is 54.1 Å². The lowest BCUT2D eigenvalue weighted by atomic mass is 10.0. The normalized spacial score (nSPS) is 11.6. The number of benzene rings is 1. The molecule has 3 nitrogen and oxygen atoms in total. The quantitative estimate of drug-likeness (QED) is 0.200. The molecule has 0 amide bonds. The monoisotopic (exact) mass is 244 g/mol. The highest BCUT2D eigenvalue weighted by atomic mass is 16.5. The first kappa shape index (κ1) is 13.9. The van der Waals surface area contributed by atoms with Crippen molar-refractivity contribution in [2.24, 2.45) is 0 Å². The van der Waals surface area contributed by atoms with Crippen molar-refractivity contribution in [3.05, 3.63) is 59.7 Å². The maximum atomic E-state index is 12.2. The van der Waals surface area contributed by atoms with Gasteiger partial charge in [0.2, 0.25) is 0 Å². The van der Waals surface area contributed by atoms with Gasteiger partial charge in [0.15, 0.2) is 5.78 Å². The van der Waals surface area contributed by atoms with Crippen LogP contribution in [0, 0.1) is 0 Å². The Hall–Kier alpha value is -2.16. The maximum Gasteiger partial charge on any atom is 0.342 e. The average Bonchev–Trinajstić information content (AvgIpc) is 2.40. The Morgan fingerprint density at radius 1 is 1.22 bits per heavy atom. The van der Waals surface area contributed by atoms with Crippen LogP contribution in [0.2, 0.25) is 0 Å². The molecule has 0 atom stereocenters. The van der Waals surface area contributed by atoms with Crippen molar-refractivity contribution >= 4 is 11.8 Å². The molecule has 0 bridgehead atoms. The molecule has 0 aliphatic rings. The number of hydrogen-bond acceptors (Lipinski definition) is 3. The zero-order valence-electron chi connectivity index (χ0n) is 10.6. The second kappa shape index (κ2) is 7.22. The van der Waals surface area contributed by atoms with E-state index in [-0.39, 0.29) is 18.0 Å². The van der Waals surface area contributed by atoms with Crippen LogP contribution in [0.3, 0.4) is 0 Å². The Balaban J connectivity index is 3.04. The third kappa shape index (κ3) is 3.70. The third-order valence-corrected chi connectivity index (χ3v) is 2.23. The fourth-order valence-corrected chi connectivity index (χ4v) is 1.38. The van der Waals surface area contributed by atoms with Crippen LogP contribution in [0.4, 0.5) is 0 Å². The van der Waals surface area contributed by atoms with E-state index in [0.29, 0.717) is 5.56 Å². The standard InChI is InChI=1S/C15H16O3/c1-3-5-11-13(15(17)18-4-2)14(16)12-9-7-6-8-10-12/h3,5-11H,4H2,1-2H3/b5-3?,13-11+. The zero-order valence-corrected chi connectivity index (χ0v) is 10.6. The molecule has 1 aromatic rings. The minimum absolute atomic E-state index is 0.0427. The van der Waals surface area contributed by atoms with E-state index >= 15 is 0 Å². The molecule has 0 aliphatic carbocycles. The second-order valence-electron chi connectivity index (χ2n) is 3.52. The number of esters is 1. The predicted octanol–water partition coefficient (Wildman–Crippen LogP) is 2.93. The number of ether oxygens (including phenoxy) is 1. The first-order valence-electron chi connectivity index (χ1n) is 5.80. The van der Waals surface area contributed by atoms with Crippen LogP contribution in [-0.2, 0) is 9.53 Å². The van der Waals surface area contributed by atoms with Crippen molar-refractivity contribution in [1.82, 2.24) is 0 Å². The second-order valence-corrected chi connectivity index (χ2v) is 3.52. The van der Waals surface area contributed by atoms with Gasteiger partial charge in [-0.2, -0.15) is 0 Å². The summed E-state index contributed by atoms with van der Waals surface area (Å²) in [5.41, 5.74) is 0.516. The molecule has 1 rings (SSSR count). The number of ketones is 1. The molecular formula is C15H16O3. The van der Waals surface area contributed by atoms with Gasteiger partial charge in [-0.25, -0.2) is 4.79 Å². The molecule has 0 fully saturated rings. The lowest BCUT2D eigenvalue weighted by molar-refractivity contribution is -0.138. The number of allylic oxidation sites excluding steroid dienone is 3. The van der Waals surface area contributed by atoms with E-state index in [2.05, 4.69) is 0 Å². The Morgan fingerprint density at radius 3 is 2.44 bits per heavy atom. The van der Waals surface area contributed by atoms with Gasteiger partial charge in [-0.15, -0.1) is 0 Å². The van der Waals surface area contributed by atoms with Crippen molar-refractivity contribution in [3.8, 4) is 0 Å². The van der Waals surface area contributed by atoms with Crippen LogP contribution in [0.25, 0.3) is 0 Å². The summed E-state index contributed by atoms with van der Waals surface area (Å²) in [5, 5.41) is 0. The number of carbonyl (C=O) groups is 2. The zero-order chi connectivity index (χ0) is 13.4. The molecule has 0 saturated heterocycles. The third-order valence-electron chi connectivity index (χ3n) is 2.23. The molecule has 0 spiro atoms. The summed E-state index contributed by atoms with van der Waals surface area (Å²) in [5.74, 6) is -0.920. The molecule has 18 heavy (non-hydrogen) atoms. The minimum Gasteiger partial charge on any atom is -0.462 e. The van der Waals surface area contributed by atoms with Crippen LogP contribution in [-0.4, -0.2) is 18.4 Å². The molecule has 0 N–H and O–H groups in total. The van der Waals surface area contributed by atoms with E-state index in [1.165, 1.54) is 6.08 Å². The largest absolute Gasteiger partial charge is 0.462 e. The van der Waals surface area contributed by atoms with Crippen molar-refractivity contribution in [1.29, 1.82) is 0 Å². The highest BCUT2D eigenvalue weighted by molar-refractivity contribution is 6.24. The lowest BCUT2D eigenvalue weighted by Gasteiger charge is -2.05. The van der Waals surface area contributed by atoms with Gasteiger partial charge in [-0.3, -0.25) is 4.79 Å². The highest BCUT2D eigenvalue weighted by Crippen LogP contribution is 2.10. The number of carbonyl (C=O) groups excluding carboxylic acids is 2. The summed E-state index contributed by atoms with van der Waals surface area (Å²) in [7, 11) is 0. The van der Waals surface area contributed by atoms with Crippen molar-refractivity contribution < 1.29 is 14.3 Å². The fraction of sp³-hybridized carbons (Fsp3) is 0.200. The van der Waals surface area contributed by atoms with Crippen LogP contribution in [0.5, 0.6) is 0 Å². The van der Waals surface area contributed by atoms with Gasteiger partial charge < -0.3 is 4.74 Å². The van der Waals surface area contributed by atoms with E-state index in [4.69, 9.17) is 4.74 Å². The molecular weight excluding hydrogens is 228 g/mol. The number of Topliss-reactive ketones (excluding diaryl/α,β-unsaturated/α-hetero) is 1. The minimum atomic E-state index is -0.593. The SMILES string of the molecule is CC=C/C=C(/C(=O)OCC)C(=O)c1ccccc1. The van der Waals surface area contributed by atoms with E-state index < -0.39 is 5.97 Å². The molecule has 94 valence electrons. The van der Waals surface area contributed by atoms with Gasteiger partial charge in [-0.05, 0) is 19.9 Å². The Labute approximate surface area is 107 Å². The summed E-state index contributed by atoms with van der Waals surface area (Å²) < 4.78 is 4.88. The van der Waals surface area contributed by atoms with Crippen molar-refractivity contribution in [2.75, 3.05) is 6.61 Å². The topological polar surface area (TPSA) is 43.4 Å². The van der Waals surface area contributed by atoms with Gasteiger partial charge >= 0.3 is 5.97 Å². The Bertz CT molecular complexity index is 470. The van der Waals surface area contributed by atoms with Gasteiger partial charge in [0.05, 0.1) is 6.61 Å². The van der Waals surface area contributed by atoms with Crippen molar-refractivity contribution in [2.45, 2.75) is 13.8 Å². The predicted molar refractivity (Wildman–Crippen MR) is 70.3 cm³/mol. The first-order chi connectivity index (χ1) is 8.70. The molecule has 0 aliphatic heterocycles. The smallest absolute Gasteiger partial charge is 0.342 e. The van der Waals surface area contributed by atoms with Crippen LogP contribution >= 0.6 is 0 Å². The molecule has 0 radical (unpaired) electrons. The van der Waals surface area contributed by atoms with E-state index in [9.17, 15) is 9.59 Å². The molecule has 3 heteroatoms. The van der Waals surface area contributed by atoms with E-state index in [0.717, 1.165) is 0 Å². The summed E-state index contributed by atoms with van der Waals surface area (Å²) in [6.07, 6.45) is 4.87. The summed E-state index contributed by atoms with van der Waals surface area (Å²) in [4.78, 5) is 23.9. The average molecular weight is 244 g/mol. The van der Waals surface area contributed by atoms with Gasteiger partial charge in [0, 0.05) is 5.56 Å².